The van der Waals surface area contributed by atoms with Crippen molar-refractivity contribution in [3.8, 4) is 5.75 Å². The number of fused-ring (bicyclic) bond motifs is 3. The maximum atomic E-state index is 12.2. The van der Waals surface area contributed by atoms with Gasteiger partial charge in [0.15, 0.2) is 6.61 Å². The topological polar surface area (TPSA) is 109 Å². The van der Waals surface area contributed by atoms with Gasteiger partial charge in [0.2, 0.25) is 0 Å². The van der Waals surface area contributed by atoms with Crippen molar-refractivity contribution in [1.82, 2.24) is 5.32 Å². The molecule has 2 aromatic carbocycles. The summed E-state index contributed by atoms with van der Waals surface area (Å²) >= 11 is 0. The summed E-state index contributed by atoms with van der Waals surface area (Å²) in [6.45, 7) is 1.76. The van der Waals surface area contributed by atoms with E-state index in [4.69, 9.17) is 9.15 Å². The van der Waals surface area contributed by atoms with E-state index in [9.17, 15) is 19.5 Å². The van der Waals surface area contributed by atoms with E-state index >= 15 is 0 Å². The first-order valence-corrected chi connectivity index (χ1v) is 8.52. The second kappa shape index (κ2) is 7.90. The molecule has 1 aromatic heterocycles. The first-order chi connectivity index (χ1) is 13.0. The predicted molar refractivity (Wildman–Crippen MR) is 97.5 cm³/mol. The van der Waals surface area contributed by atoms with E-state index in [-0.39, 0.29) is 25.5 Å². The molecule has 0 aliphatic carbocycles. The molecular weight excluding hydrogens is 350 g/mol. The van der Waals surface area contributed by atoms with Crippen molar-refractivity contribution in [1.29, 1.82) is 0 Å². The van der Waals surface area contributed by atoms with Gasteiger partial charge in [-0.15, -0.1) is 0 Å². The average molecular weight is 368 g/mol. The van der Waals surface area contributed by atoms with Crippen LogP contribution in [-0.2, 0) is 9.59 Å². The Morgan fingerprint density at radius 3 is 2.59 bits per heavy atom. The molecule has 27 heavy (non-hydrogen) atoms. The molecule has 3 rings (SSSR count). The monoisotopic (exact) mass is 368 g/mol. The fourth-order valence-electron chi connectivity index (χ4n) is 2.87. The van der Waals surface area contributed by atoms with Crippen molar-refractivity contribution in [2.75, 3.05) is 13.2 Å². The third-order valence-corrected chi connectivity index (χ3v) is 4.23. The second-order valence-electron chi connectivity index (χ2n) is 6.11. The predicted octanol–water partition coefficient (Wildman–Crippen LogP) is 1.28. The number of ether oxygens (including phenoxy) is 1. The standard InChI is InChI=1S/C20H19NO6/c1-12-16(26-11-17(22)21-10-4-7-18(23)24)9-8-14-13-5-2-3-6-15(13)20(25)27-19(12)14/h2-3,5-6,8-9H,4,7,10-11H2,1H3,(H,21,22)(H,23,24)/p-1. The fraction of sp³-hybridized carbons (Fsp3) is 0.250. The Labute approximate surface area is 154 Å². The summed E-state index contributed by atoms with van der Waals surface area (Å²) in [4.78, 5) is 34.3. The number of aliphatic carboxylic acids is 1. The third-order valence-electron chi connectivity index (χ3n) is 4.23. The highest BCUT2D eigenvalue weighted by Gasteiger charge is 2.13. The van der Waals surface area contributed by atoms with E-state index in [1.165, 1.54) is 0 Å². The summed E-state index contributed by atoms with van der Waals surface area (Å²) in [5.74, 6) is -1.08. The van der Waals surface area contributed by atoms with Crippen molar-refractivity contribution in [2.24, 2.45) is 0 Å². The molecule has 0 saturated carbocycles. The van der Waals surface area contributed by atoms with Gasteiger partial charge < -0.3 is 24.4 Å². The maximum Gasteiger partial charge on any atom is 0.344 e. The summed E-state index contributed by atoms with van der Waals surface area (Å²) in [5, 5.41) is 15.0. The zero-order valence-electron chi connectivity index (χ0n) is 14.7. The van der Waals surface area contributed by atoms with E-state index < -0.39 is 11.6 Å². The van der Waals surface area contributed by atoms with Gasteiger partial charge in [-0.05, 0) is 43.4 Å². The minimum Gasteiger partial charge on any atom is -0.550 e. The van der Waals surface area contributed by atoms with Gasteiger partial charge in [0, 0.05) is 23.5 Å². The molecule has 0 fully saturated rings. The van der Waals surface area contributed by atoms with Gasteiger partial charge in [-0.2, -0.15) is 0 Å². The van der Waals surface area contributed by atoms with Crippen LogP contribution in [0.5, 0.6) is 5.75 Å². The quantitative estimate of drug-likeness (QED) is 0.382. The first kappa shape index (κ1) is 18.4. The van der Waals surface area contributed by atoms with Gasteiger partial charge in [-0.25, -0.2) is 4.79 Å². The highest BCUT2D eigenvalue weighted by molar-refractivity contribution is 6.05. The smallest absolute Gasteiger partial charge is 0.344 e. The zero-order chi connectivity index (χ0) is 19.4. The number of carbonyl (C=O) groups is 2. The van der Waals surface area contributed by atoms with Gasteiger partial charge in [-0.3, -0.25) is 4.79 Å². The van der Waals surface area contributed by atoms with Crippen molar-refractivity contribution < 1.29 is 23.8 Å². The molecule has 1 heterocycles. The van der Waals surface area contributed by atoms with Crippen molar-refractivity contribution >= 4 is 33.6 Å². The summed E-state index contributed by atoms with van der Waals surface area (Å²) < 4.78 is 11.0. The molecule has 0 atom stereocenters. The third kappa shape index (κ3) is 4.08. The Kier molecular flexibility index (Phi) is 5.40. The Morgan fingerprint density at radius 2 is 1.85 bits per heavy atom. The van der Waals surface area contributed by atoms with Crippen LogP contribution in [0.1, 0.15) is 18.4 Å². The molecule has 140 valence electrons. The lowest BCUT2D eigenvalue weighted by molar-refractivity contribution is -0.305. The van der Waals surface area contributed by atoms with Gasteiger partial charge in [-0.1, -0.05) is 18.2 Å². The number of carboxylic acid groups (broad SMARTS) is 1. The molecule has 0 unspecified atom stereocenters. The maximum absolute atomic E-state index is 12.2. The molecule has 3 aromatic rings. The summed E-state index contributed by atoms with van der Waals surface area (Å²) in [7, 11) is 0. The van der Waals surface area contributed by atoms with Crippen LogP contribution in [0.15, 0.2) is 45.6 Å². The van der Waals surface area contributed by atoms with E-state index in [2.05, 4.69) is 5.32 Å². The lowest BCUT2D eigenvalue weighted by Crippen LogP contribution is -2.31. The van der Waals surface area contributed by atoms with Crippen LogP contribution in [0.4, 0.5) is 0 Å². The number of hydrogen-bond acceptors (Lipinski definition) is 6. The molecule has 7 nitrogen and oxygen atoms in total. The van der Waals surface area contributed by atoms with E-state index in [0.717, 1.165) is 10.8 Å². The number of rotatable bonds is 7. The average Bonchev–Trinajstić information content (AvgIpc) is 2.65. The Morgan fingerprint density at radius 1 is 1.11 bits per heavy atom. The van der Waals surface area contributed by atoms with Gasteiger partial charge in [0.05, 0.1) is 5.39 Å². The number of carboxylic acids is 1. The fourth-order valence-corrected chi connectivity index (χ4v) is 2.87. The second-order valence-corrected chi connectivity index (χ2v) is 6.11. The number of hydrogen-bond donors (Lipinski definition) is 1. The highest BCUT2D eigenvalue weighted by atomic mass is 16.5. The molecule has 0 radical (unpaired) electrons. The largest absolute Gasteiger partial charge is 0.550 e. The molecule has 0 aliphatic heterocycles. The van der Waals surface area contributed by atoms with E-state index in [1.807, 2.05) is 12.1 Å². The molecule has 7 heteroatoms. The van der Waals surface area contributed by atoms with Crippen molar-refractivity contribution in [3.05, 3.63) is 52.4 Å². The highest BCUT2D eigenvalue weighted by Crippen LogP contribution is 2.30. The summed E-state index contributed by atoms with van der Waals surface area (Å²) in [6.07, 6.45) is 0.180. The van der Waals surface area contributed by atoms with E-state index in [1.54, 1.807) is 31.2 Å². The van der Waals surface area contributed by atoms with Crippen LogP contribution >= 0.6 is 0 Å². The lowest BCUT2D eigenvalue weighted by atomic mass is 10.0. The first-order valence-electron chi connectivity index (χ1n) is 8.52. The Bertz CT molecular complexity index is 1070. The number of benzene rings is 2. The molecule has 0 saturated heterocycles. The molecular formula is C20H18NO6-. The lowest BCUT2D eigenvalue weighted by Gasteiger charge is -2.12. The molecule has 0 bridgehead atoms. The summed E-state index contributed by atoms with van der Waals surface area (Å²) in [6, 6.07) is 10.7. The normalized spacial score (nSPS) is 10.9. The van der Waals surface area contributed by atoms with Crippen LogP contribution in [0.3, 0.4) is 0 Å². The minimum atomic E-state index is -1.15. The van der Waals surface area contributed by atoms with Crippen LogP contribution < -0.4 is 20.8 Å². The molecule has 1 amide bonds. The Hall–Kier alpha value is -3.35. The number of amides is 1. The number of nitrogens with one attached hydrogen (secondary N) is 1. The van der Waals surface area contributed by atoms with Gasteiger partial charge in [0.1, 0.15) is 11.3 Å². The van der Waals surface area contributed by atoms with Crippen LogP contribution in [0.25, 0.3) is 21.7 Å². The number of aryl methyl sites for hydroxylation is 1. The van der Waals surface area contributed by atoms with Crippen LogP contribution in [-0.4, -0.2) is 25.0 Å². The number of carbonyl (C=O) groups excluding carboxylic acids is 2. The molecule has 0 spiro atoms. The Balaban J connectivity index is 1.75. The zero-order valence-corrected chi connectivity index (χ0v) is 14.7. The SMILES string of the molecule is Cc1c(OCC(=O)NCCCC(=O)[O-])ccc2c1oc(=O)c1ccccc12. The van der Waals surface area contributed by atoms with Gasteiger partial charge >= 0.3 is 5.63 Å². The summed E-state index contributed by atoms with van der Waals surface area (Å²) in [5.41, 5.74) is 0.620. The minimum absolute atomic E-state index is 0.113. The van der Waals surface area contributed by atoms with Crippen LogP contribution in [0, 0.1) is 6.92 Å². The molecule has 0 aliphatic rings. The van der Waals surface area contributed by atoms with Crippen molar-refractivity contribution in [3.63, 3.8) is 0 Å². The van der Waals surface area contributed by atoms with Crippen molar-refractivity contribution in [2.45, 2.75) is 19.8 Å². The van der Waals surface area contributed by atoms with Crippen LogP contribution in [0.2, 0.25) is 0 Å². The molecule has 1 N–H and O–H groups in total. The van der Waals surface area contributed by atoms with Gasteiger partial charge in [0.25, 0.3) is 5.91 Å². The van der Waals surface area contributed by atoms with E-state index in [0.29, 0.717) is 28.7 Å².